The smallest absolute Gasteiger partial charge is 0.198 e. The zero-order chi connectivity index (χ0) is 10.1. The molecule has 74 valence electrons. The Balaban J connectivity index is 2.33. The SMILES string of the molecule is NC(c1ccc(Cl)s1)c1ccoc1Cl. The Morgan fingerprint density at radius 1 is 1.29 bits per heavy atom. The van der Waals surface area contributed by atoms with Crippen molar-refractivity contribution < 1.29 is 4.42 Å². The van der Waals surface area contributed by atoms with Crippen LogP contribution in [-0.2, 0) is 0 Å². The van der Waals surface area contributed by atoms with Gasteiger partial charge in [-0.05, 0) is 29.8 Å². The summed E-state index contributed by atoms with van der Waals surface area (Å²) in [7, 11) is 0. The Hall–Kier alpha value is -0.480. The first kappa shape index (κ1) is 10.1. The number of thiophene rings is 1. The van der Waals surface area contributed by atoms with Crippen LogP contribution in [0.25, 0.3) is 0 Å². The van der Waals surface area contributed by atoms with Crippen LogP contribution in [0.4, 0.5) is 0 Å². The Morgan fingerprint density at radius 2 is 2.07 bits per heavy atom. The monoisotopic (exact) mass is 247 g/mol. The fourth-order valence-electron chi connectivity index (χ4n) is 1.18. The first-order valence-electron chi connectivity index (χ1n) is 3.92. The summed E-state index contributed by atoms with van der Waals surface area (Å²) in [5, 5.41) is 0.335. The van der Waals surface area contributed by atoms with Gasteiger partial charge in [-0.2, -0.15) is 0 Å². The molecule has 2 heterocycles. The van der Waals surface area contributed by atoms with Crippen molar-refractivity contribution >= 4 is 34.5 Å². The highest BCUT2D eigenvalue weighted by molar-refractivity contribution is 7.16. The predicted molar refractivity (Wildman–Crippen MR) is 59.1 cm³/mol. The molecule has 14 heavy (non-hydrogen) atoms. The summed E-state index contributed by atoms with van der Waals surface area (Å²) in [6, 6.07) is 5.20. The largest absolute Gasteiger partial charge is 0.453 e. The van der Waals surface area contributed by atoms with Crippen LogP contribution in [0.2, 0.25) is 9.56 Å². The minimum atomic E-state index is -0.265. The lowest BCUT2D eigenvalue weighted by molar-refractivity contribution is 0.564. The van der Waals surface area contributed by atoms with Crippen LogP contribution in [0.3, 0.4) is 0 Å². The van der Waals surface area contributed by atoms with E-state index in [0.717, 1.165) is 14.8 Å². The molecule has 0 bridgehead atoms. The van der Waals surface area contributed by atoms with Crippen molar-refractivity contribution in [3.8, 4) is 0 Å². The molecule has 0 aliphatic heterocycles. The van der Waals surface area contributed by atoms with Crippen molar-refractivity contribution in [1.29, 1.82) is 0 Å². The Kier molecular flexibility index (Phi) is 2.83. The van der Waals surface area contributed by atoms with E-state index in [-0.39, 0.29) is 6.04 Å². The van der Waals surface area contributed by atoms with Crippen LogP contribution in [0.5, 0.6) is 0 Å². The number of rotatable bonds is 2. The topological polar surface area (TPSA) is 39.2 Å². The second-order valence-electron chi connectivity index (χ2n) is 2.77. The van der Waals surface area contributed by atoms with Gasteiger partial charge in [0.25, 0.3) is 0 Å². The van der Waals surface area contributed by atoms with Crippen molar-refractivity contribution in [1.82, 2.24) is 0 Å². The lowest BCUT2D eigenvalue weighted by Gasteiger charge is -2.06. The summed E-state index contributed by atoms with van der Waals surface area (Å²) in [5.41, 5.74) is 6.76. The van der Waals surface area contributed by atoms with Crippen LogP contribution in [-0.4, -0.2) is 0 Å². The molecule has 2 aromatic rings. The summed E-state index contributed by atoms with van der Waals surface area (Å²) < 4.78 is 5.69. The summed E-state index contributed by atoms with van der Waals surface area (Å²) in [6.07, 6.45) is 1.52. The molecule has 0 spiro atoms. The number of furan rings is 1. The molecule has 0 aliphatic carbocycles. The van der Waals surface area contributed by atoms with Crippen molar-refractivity contribution in [2.45, 2.75) is 6.04 Å². The van der Waals surface area contributed by atoms with E-state index in [0.29, 0.717) is 5.22 Å². The molecule has 2 N–H and O–H groups in total. The molecule has 0 aliphatic rings. The Labute approximate surface area is 95.2 Å². The van der Waals surface area contributed by atoms with Crippen LogP contribution >= 0.6 is 34.5 Å². The first-order valence-corrected chi connectivity index (χ1v) is 5.49. The molecule has 2 nitrogen and oxygen atoms in total. The zero-order valence-electron chi connectivity index (χ0n) is 7.04. The molecule has 2 rings (SSSR count). The van der Waals surface area contributed by atoms with Crippen molar-refractivity contribution in [2.75, 3.05) is 0 Å². The van der Waals surface area contributed by atoms with Gasteiger partial charge >= 0.3 is 0 Å². The maximum atomic E-state index is 5.98. The van der Waals surface area contributed by atoms with E-state index in [4.69, 9.17) is 33.4 Å². The minimum Gasteiger partial charge on any atom is -0.453 e. The normalized spacial score (nSPS) is 13.1. The van der Waals surface area contributed by atoms with Gasteiger partial charge < -0.3 is 10.2 Å². The van der Waals surface area contributed by atoms with Gasteiger partial charge in [-0.3, -0.25) is 0 Å². The quantitative estimate of drug-likeness (QED) is 0.880. The molecule has 0 fully saturated rings. The Bertz CT molecular complexity index is 437. The third-order valence-electron chi connectivity index (χ3n) is 1.88. The minimum absolute atomic E-state index is 0.265. The van der Waals surface area contributed by atoms with Gasteiger partial charge in [0.15, 0.2) is 5.22 Å². The van der Waals surface area contributed by atoms with E-state index in [1.807, 2.05) is 12.1 Å². The highest BCUT2D eigenvalue weighted by Gasteiger charge is 2.16. The number of halogens is 2. The van der Waals surface area contributed by atoms with Crippen LogP contribution in [0.15, 0.2) is 28.9 Å². The van der Waals surface area contributed by atoms with Crippen molar-refractivity contribution in [3.63, 3.8) is 0 Å². The maximum absolute atomic E-state index is 5.98. The van der Waals surface area contributed by atoms with E-state index >= 15 is 0 Å². The van der Waals surface area contributed by atoms with Gasteiger partial charge in [0, 0.05) is 10.4 Å². The van der Waals surface area contributed by atoms with Crippen molar-refractivity contribution in [2.24, 2.45) is 5.73 Å². The van der Waals surface area contributed by atoms with E-state index in [1.165, 1.54) is 17.6 Å². The van der Waals surface area contributed by atoms with Gasteiger partial charge in [0.1, 0.15) is 0 Å². The van der Waals surface area contributed by atoms with E-state index in [2.05, 4.69) is 0 Å². The second-order valence-corrected chi connectivity index (χ2v) is 4.86. The molecule has 0 saturated heterocycles. The average Bonchev–Trinajstić information content (AvgIpc) is 2.73. The molecule has 2 aromatic heterocycles. The lowest BCUT2D eigenvalue weighted by atomic mass is 10.1. The molecule has 1 unspecified atom stereocenters. The summed E-state index contributed by atoms with van der Waals surface area (Å²) in [4.78, 5) is 0.971. The zero-order valence-corrected chi connectivity index (χ0v) is 9.36. The molecular formula is C9H7Cl2NOS. The molecule has 0 radical (unpaired) electrons. The second kappa shape index (κ2) is 3.95. The van der Waals surface area contributed by atoms with Crippen LogP contribution in [0.1, 0.15) is 16.5 Å². The standard InChI is InChI=1S/C9H7Cl2NOS/c10-7-2-1-6(14-7)8(12)5-3-4-13-9(5)11/h1-4,8H,12H2. The average molecular weight is 248 g/mol. The molecule has 1 atom stereocenters. The number of hydrogen-bond acceptors (Lipinski definition) is 3. The predicted octanol–water partition coefficient (Wildman–Crippen LogP) is 3.70. The number of hydrogen-bond donors (Lipinski definition) is 1. The van der Waals surface area contributed by atoms with Gasteiger partial charge in [-0.25, -0.2) is 0 Å². The fourth-order valence-corrected chi connectivity index (χ4v) is 2.49. The molecule has 0 amide bonds. The number of nitrogens with two attached hydrogens (primary N) is 1. The maximum Gasteiger partial charge on any atom is 0.198 e. The molecule has 0 aromatic carbocycles. The lowest BCUT2D eigenvalue weighted by Crippen LogP contribution is -2.09. The molecule has 0 saturated carbocycles. The molecular weight excluding hydrogens is 241 g/mol. The van der Waals surface area contributed by atoms with E-state index in [1.54, 1.807) is 6.07 Å². The highest BCUT2D eigenvalue weighted by atomic mass is 35.5. The van der Waals surface area contributed by atoms with E-state index < -0.39 is 0 Å². The van der Waals surface area contributed by atoms with Gasteiger partial charge in [0.2, 0.25) is 0 Å². The van der Waals surface area contributed by atoms with Gasteiger partial charge in [0.05, 0.1) is 16.6 Å². The molecule has 5 heteroatoms. The van der Waals surface area contributed by atoms with Crippen LogP contribution in [0, 0.1) is 0 Å². The Morgan fingerprint density at radius 3 is 2.57 bits per heavy atom. The van der Waals surface area contributed by atoms with Crippen molar-refractivity contribution in [3.05, 3.63) is 44.5 Å². The fraction of sp³-hybridized carbons (Fsp3) is 0.111. The van der Waals surface area contributed by atoms with E-state index in [9.17, 15) is 0 Å². The third kappa shape index (κ3) is 1.81. The first-order chi connectivity index (χ1) is 6.68. The summed E-state index contributed by atoms with van der Waals surface area (Å²) in [5.74, 6) is 0. The highest BCUT2D eigenvalue weighted by Crippen LogP contribution is 2.32. The summed E-state index contributed by atoms with van der Waals surface area (Å²) in [6.45, 7) is 0. The third-order valence-corrected chi connectivity index (χ3v) is 3.50. The van der Waals surface area contributed by atoms with Gasteiger partial charge in [-0.1, -0.05) is 11.6 Å². The van der Waals surface area contributed by atoms with Crippen LogP contribution < -0.4 is 5.73 Å². The van der Waals surface area contributed by atoms with Gasteiger partial charge in [-0.15, -0.1) is 11.3 Å². The summed E-state index contributed by atoms with van der Waals surface area (Å²) >= 11 is 13.1.